The van der Waals surface area contributed by atoms with Crippen LogP contribution < -0.4 is 20.7 Å². The molecule has 4 rings (SSSR count). The van der Waals surface area contributed by atoms with Crippen molar-refractivity contribution in [1.29, 1.82) is 0 Å². The molecule has 1 unspecified atom stereocenters. The minimum Gasteiger partial charge on any atom is -0.331 e. The molecule has 0 bridgehead atoms. The third-order valence-electron chi connectivity index (χ3n) is 6.46. The highest BCUT2D eigenvalue weighted by Crippen LogP contribution is 2.37. The van der Waals surface area contributed by atoms with Crippen molar-refractivity contribution in [1.82, 2.24) is 15.3 Å². The largest absolute Gasteiger partial charge is 0.331 e. The molecule has 2 amide bonds. The van der Waals surface area contributed by atoms with Crippen molar-refractivity contribution in [2.75, 3.05) is 16.7 Å². The van der Waals surface area contributed by atoms with E-state index in [2.05, 4.69) is 20.0 Å². The molecule has 42 heavy (non-hydrogen) atoms. The van der Waals surface area contributed by atoms with E-state index in [1.54, 1.807) is 69.0 Å². The summed E-state index contributed by atoms with van der Waals surface area (Å²) in [6, 6.07) is 15.8. The van der Waals surface area contributed by atoms with E-state index in [0.29, 0.717) is 44.7 Å². The Bertz CT molecular complexity index is 1660. The van der Waals surface area contributed by atoms with Crippen LogP contribution in [-0.2, 0) is 16.4 Å². The number of amides is 2. The molecule has 1 atom stereocenters. The highest BCUT2D eigenvalue weighted by atomic mass is 35.5. The maximum absolute atomic E-state index is 13.0. The number of urea groups is 1. The van der Waals surface area contributed by atoms with Crippen molar-refractivity contribution in [3.63, 3.8) is 0 Å². The number of nitrogens with two attached hydrogens (primary N) is 1. The molecule has 1 heterocycles. The van der Waals surface area contributed by atoms with Gasteiger partial charge in [-0.05, 0) is 74.7 Å². The molecule has 0 spiro atoms. The molecule has 3 aromatic carbocycles. The monoisotopic (exact) mass is 626 g/mol. The zero-order valence-electron chi connectivity index (χ0n) is 23.6. The van der Waals surface area contributed by atoms with Crippen LogP contribution in [0.1, 0.15) is 37.9 Å². The molecule has 9 nitrogen and oxygen atoms in total. The Morgan fingerprint density at radius 1 is 1.00 bits per heavy atom. The van der Waals surface area contributed by atoms with Crippen LogP contribution in [0.25, 0.3) is 11.3 Å². The Kier molecular flexibility index (Phi) is 9.42. The normalized spacial score (nSPS) is 12.5. The van der Waals surface area contributed by atoms with E-state index < -0.39 is 22.1 Å². The highest BCUT2D eigenvalue weighted by molar-refractivity contribution is 7.92. The van der Waals surface area contributed by atoms with Gasteiger partial charge in [0, 0.05) is 41.9 Å². The van der Waals surface area contributed by atoms with Gasteiger partial charge in [-0.15, -0.1) is 0 Å². The average molecular weight is 628 g/mol. The maximum atomic E-state index is 13.0. The Hall–Kier alpha value is -3.70. The Balaban J connectivity index is 1.41. The van der Waals surface area contributed by atoms with Crippen molar-refractivity contribution in [3.8, 4) is 11.3 Å². The molecule has 0 aliphatic rings. The lowest BCUT2D eigenvalue weighted by atomic mass is 9.96. The van der Waals surface area contributed by atoms with Crippen molar-refractivity contribution >= 4 is 50.6 Å². The third-order valence-corrected chi connectivity index (χ3v) is 8.76. The number of aromatic nitrogens is 2. The predicted octanol–water partition coefficient (Wildman–Crippen LogP) is 6.44. The molecule has 220 valence electrons. The SMILES string of the molecule is CC(NC(=O)N(C)c1ccc(S(=O)(=O)Nc2ccc(CC(C)(C)N)cc2)cc1)c1ccc(-c2cnccn2)c(Cl)c1Cl. The maximum Gasteiger partial charge on any atom is 0.322 e. The summed E-state index contributed by atoms with van der Waals surface area (Å²) in [7, 11) is -2.26. The number of carbonyl (C=O) groups excluding carboxylic acids is 1. The van der Waals surface area contributed by atoms with Gasteiger partial charge in [0.2, 0.25) is 0 Å². The van der Waals surface area contributed by atoms with E-state index in [0.717, 1.165) is 5.56 Å². The lowest BCUT2D eigenvalue weighted by Crippen LogP contribution is -2.38. The molecular weight excluding hydrogens is 595 g/mol. The minimum atomic E-state index is -3.84. The summed E-state index contributed by atoms with van der Waals surface area (Å²) >= 11 is 13.1. The summed E-state index contributed by atoms with van der Waals surface area (Å²) in [5.41, 5.74) is 9.48. The highest BCUT2D eigenvalue weighted by Gasteiger charge is 2.21. The summed E-state index contributed by atoms with van der Waals surface area (Å²) in [6.07, 6.45) is 5.38. The van der Waals surface area contributed by atoms with Gasteiger partial charge < -0.3 is 11.1 Å². The number of hydrogen-bond acceptors (Lipinski definition) is 6. The summed E-state index contributed by atoms with van der Waals surface area (Å²) in [4.78, 5) is 22.8. The second kappa shape index (κ2) is 12.7. The van der Waals surface area contributed by atoms with Crippen LogP contribution in [0.4, 0.5) is 16.2 Å². The van der Waals surface area contributed by atoms with E-state index in [4.69, 9.17) is 28.9 Å². The number of rotatable bonds is 9. The fourth-order valence-electron chi connectivity index (χ4n) is 4.29. The van der Waals surface area contributed by atoms with Crippen molar-refractivity contribution in [2.45, 2.75) is 43.7 Å². The molecule has 4 N–H and O–H groups in total. The molecule has 0 fully saturated rings. The van der Waals surface area contributed by atoms with E-state index in [9.17, 15) is 13.2 Å². The van der Waals surface area contributed by atoms with Gasteiger partial charge in [-0.1, -0.05) is 47.5 Å². The zero-order valence-corrected chi connectivity index (χ0v) is 25.9. The van der Waals surface area contributed by atoms with Crippen LogP contribution in [0.5, 0.6) is 0 Å². The number of anilines is 2. The van der Waals surface area contributed by atoms with Gasteiger partial charge in [0.25, 0.3) is 10.0 Å². The predicted molar refractivity (Wildman–Crippen MR) is 169 cm³/mol. The first-order chi connectivity index (χ1) is 19.7. The van der Waals surface area contributed by atoms with Gasteiger partial charge >= 0.3 is 6.03 Å². The summed E-state index contributed by atoms with van der Waals surface area (Å²) < 4.78 is 28.5. The summed E-state index contributed by atoms with van der Waals surface area (Å²) in [6.45, 7) is 5.65. The molecule has 12 heteroatoms. The van der Waals surface area contributed by atoms with Crippen LogP contribution in [0.15, 0.2) is 84.1 Å². The van der Waals surface area contributed by atoms with E-state index >= 15 is 0 Å². The fourth-order valence-corrected chi connectivity index (χ4v) is 5.95. The summed E-state index contributed by atoms with van der Waals surface area (Å²) in [5.74, 6) is 0. The first kappa shape index (κ1) is 31.2. The number of halogens is 2. The molecule has 4 aromatic rings. The number of nitrogens with zero attached hydrogens (tertiary/aromatic N) is 3. The van der Waals surface area contributed by atoms with Gasteiger partial charge in [0.05, 0.1) is 32.9 Å². The molecule has 0 aliphatic heterocycles. The minimum absolute atomic E-state index is 0.0604. The van der Waals surface area contributed by atoms with E-state index in [-0.39, 0.29) is 10.4 Å². The number of benzene rings is 3. The van der Waals surface area contributed by atoms with Gasteiger partial charge in [-0.25, -0.2) is 13.2 Å². The third kappa shape index (κ3) is 7.57. The van der Waals surface area contributed by atoms with Crippen molar-refractivity contribution in [3.05, 3.63) is 100 Å². The lowest BCUT2D eigenvalue weighted by Gasteiger charge is -2.23. The van der Waals surface area contributed by atoms with Crippen LogP contribution in [0.2, 0.25) is 10.0 Å². The van der Waals surface area contributed by atoms with Crippen LogP contribution in [0, 0.1) is 0 Å². The number of nitrogens with one attached hydrogen (secondary N) is 2. The average Bonchev–Trinajstić information content (AvgIpc) is 2.94. The summed E-state index contributed by atoms with van der Waals surface area (Å²) in [5, 5.41) is 3.51. The number of carbonyl (C=O) groups is 1. The second-order valence-corrected chi connectivity index (χ2v) is 13.1. The first-order valence-electron chi connectivity index (χ1n) is 13.0. The molecule has 0 saturated heterocycles. The Morgan fingerprint density at radius 3 is 2.26 bits per heavy atom. The lowest BCUT2D eigenvalue weighted by molar-refractivity contribution is 0.244. The Morgan fingerprint density at radius 2 is 1.67 bits per heavy atom. The van der Waals surface area contributed by atoms with Crippen molar-refractivity contribution in [2.24, 2.45) is 5.73 Å². The number of hydrogen-bond donors (Lipinski definition) is 3. The van der Waals surface area contributed by atoms with Crippen LogP contribution in [0.3, 0.4) is 0 Å². The molecular formula is C30H32Cl2N6O3S. The van der Waals surface area contributed by atoms with Gasteiger partial charge in [0.15, 0.2) is 0 Å². The molecule has 0 aliphatic carbocycles. The van der Waals surface area contributed by atoms with Gasteiger partial charge in [-0.3, -0.25) is 19.6 Å². The first-order valence-corrected chi connectivity index (χ1v) is 15.3. The van der Waals surface area contributed by atoms with Crippen LogP contribution >= 0.6 is 23.2 Å². The second-order valence-electron chi connectivity index (χ2n) is 10.6. The topological polar surface area (TPSA) is 130 Å². The fraction of sp³-hybridized carbons (Fsp3) is 0.233. The smallest absolute Gasteiger partial charge is 0.322 e. The molecule has 1 aromatic heterocycles. The number of sulfonamides is 1. The molecule has 0 saturated carbocycles. The standard InChI is InChI=1S/C30H32Cl2N6O3S/c1-19(24-13-14-25(28(32)27(24)31)26-18-34-15-16-35-26)36-29(39)38(4)22-9-11-23(12-10-22)42(40,41)37-21-7-5-20(6-8-21)17-30(2,3)33/h5-16,18-19,37H,17,33H2,1-4H3,(H,36,39). The molecule has 0 radical (unpaired) electrons. The van der Waals surface area contributed by atoms with Gasteiger partial charge in [-0.2, -0.15) is 0 Å². The van der Waals surface area contributed by atoms with E-state index in [1.165, 1.54) is 17.0 Å². The quantitative estimate of drug-likeness (QED) is 0.196. The van der Waals surface area contributed by atoms with Gasteiger partial charge in [0.1, 0.15) is 0 Å². The Labute approximate surface area is 256 Å². The van der Waals surface area contributed by atoms with Crippen molar-refractivity contribution < 1.29 is 13.2 Å². The zero-order chi connectivity index (χ0) is 30.7. The van der Waals surface area contributed by atoms with E-state index in [1.807, 2.05) is 26.0 Å². The van der Waals surface area contributed by atoms with Crippen LogP contribution in [-0.4, -0.2) is 37.0 Å².